The Kier molecular flexibility index (Phi) is 6.69. The summed E-state index contributed by atoms with van der Waals surface area (Å²) in [6.45, 7) is -0.185. The fraction of sp³-hybridized carbons (Fsp3) is 0.250. The average molecular weight is 418 g/mol. The third kappa shape index (κ3) is 5.04. The van der Waals surface area contributed by atoms with Gasteiger partial charge in [0, 0.05) is 17.1 Å². The van der Waals surface area contributed by atoms with E-state index in [4.69, 9.17) is 21.1 Å². The molecule has 0 aliphatic rings. The van der Waals surface area contributed by atoms with E-state index in [0.29, 0.717) is 27.7 Å². The predicted molar refractivity (Wildman–Crippen MR) is 107 cm³/mol. The number of nitrogens with one attached hydrogen (secondary N) is 1. The first-order chi connectivity index (χ1) is 14.0. The fourth-order valence-corrected chi connectivity index (χ4v) is 2.96. The maximum atomic E-state index is 12.1. The minimum atomic E-state index is -0.604. The number of fused-ring (bicyclic) bond motifs is 1. The Bertz CT molecular complexity index is 1020. The molecule has 0 spiro atoms. The summed E-state index contributed by atoms with van der Waals surface area (Å²) in [5, 5.41) is 12.4. The number of hydrogen-bond donors (Lipinski definition) is 2. The van der Waals surface area contributed by atoms with E-state index in [9.17, 15) is 14.7 Å². The van der Waals surface area contributed by atoms with E-state index >= 15 is 0 Å². The van der Waals surface area contributed by atoms with Gasteiger partial charge < -0.3 is 24.5 Å². The number of methoxy groups -OCH3 is 1. The molecule has 0 saturated heterocycles. The number of esters is 1. The van der Waals surface area contributed by atoms with E-state index in [1.807, 2.05) is 0 Å². The van der Waals surface area contributed by atoms with Crippen molar-refractivity contribution >= 4 is 34.5 Å². The number of rotatable bonds is 8. The van der Waals surface area contributed by atoms with Crippen LogP contribution >= 0.6 is 11.6 Å². The summed E-state index contributed by atoms with van der Waals surface area (Å²) in [6.07, 6.45) is 0. The third-order valence-electron chi connectivity index (χ3n) is 4.22. The van der Waals surface area contributed by atoms with Crippen LogP contribution in [0, 0.1) is 0 Å². The lowest BCUT2D eigenvalue weighted by Crippen LogP contribution is -2.30. The van der Waals surface area contributed by atoms with Gasteiger partial charge in [0.1, 0.15) is 24.7 Å². The zero-order valence-corrected chi connectivity index (χ0v) is 16.5. The smallest absolute Gasteiger partial charge is 0.325 e. The van der Waals surface area contributed by atoms with Gasteiger partial charge in [0.25, 0.3) is 5.91 Å². The molecule has 0 radical (unpaired) electrons. The Hall–Kier alpha value is -3.10. The van der Waals surface area contributed by atoms with Crippen LogP contribution in [0.15, 0.2) is 42.5 Å². The van der Waals surface area contributed by atoms with Crippen molar-refractivity contribution in [1.82, 2.24) is 14.9 Å². The van der Waals surface area contributed by atoms with Gasteiger partial charge in [-0.15, -0.1) is 0 Å². The first-order valence-corrected chi connectivity index (χ1v) is 9.23. The van der Waals surface area contributed by atoms with Crippen molar-refractivity contribution in [1.29, 1.82) is 0 Å². The highest BCUT2D eigenvalue weighted by Gasteiger charge is 2.14. The van der Waals surface area contributed by atoms with Crippen LogP contribution in [0.25, 0.3) is 11.0 Å². The van der Waals surface area contributed by atoms with Crippen molar-refractivity contribution in [2.24, 2.45) is 0 Å². The molecule has 29 heavy (non-hydrogen) atoms. The number of halogens is 1. The summed E-state index contributed by atoms with van der Waals surface area (Å²) < 4.78 is 12.0. The summed E-state index contributed by atoms with van der Waals surface area (Å²) in [7, 11) is 1.54. The number of amides is 1. The van der Waals surface area contributed by atoms with Crippen molar-refractivity contribution in [3.63, 3.8) is 0 Å². The lowest BCUT2D eigenvalue weighted by atomic mass is 10.2. The van der Waals surface area contributed by atoms with E-state index in [1.54, 1.807) is 47.0 Å². The Morgan fingerprint density at radius 3 is 2.66 bits per heavy atom. The van der Waals surface area contributed by atoms with E-state index in [-0.39, 0.29) is 26.3 Å². The van der Waals surface area contributed by atoms with E-state index in [0.717, 1.165) is 5.52 Å². The highest BCUT2D eigenvalue weighted by molar-refractivity contribution is 6.31. The molecular formula is C20H20ClN3O5. The largest absolute Gasteiger partial charge is 0.497 e. The molecular weight excluding hydrogens is 398 g/mol. The minimum Gasteiger partial charge on any atom is -0.497 e. The summed E-state index contributed by atoms with van der Waals surface area (Å²) in [5.41, 5.74) is 1.83. The van der Waals surface area contributed by atoms with Crippen LogP contribution in [-0.2, 0) is 22.7 Å². The summed E-state index contributed by atoms with van der Waals surface area (Å²) in [6, 6.07) is 11.7. The number of ether oxygens (including phenoxy) is 2. The quantitative estimate of drug-likeness (QED) is 0.544. The molecule has 3 aromatic rings. The molecule has 1 heterocycles. The second kappa shape index (κ2) is 9.40. The molecule has 152 valence electrons. The Labute approximate surface area is 172 Å². The summed E-state index contributed by atoms with van der Waals surface area (Å²) in [5.74, 6) is 0.110. The normalized spacial score (nSPS) is 10.7. The lowest BCUT2D eigenvalue weighted by molar-refractivity contribution is -0.144. The molecule has 2 N–H and O–H groups in total. The van der Waals surface area contributed by atoms with Gasteiger partial charge in [0.15, 0.2) is 0 Å². The van der Waals surface area contributed by atoms with Gasteiger partial charge in [-0.25, -0.2) is 4.98 Å². The lowest BCUT2D eigenvalue weighted by Gasteiger charge is -2.09. The minimum absolute atomic E-state index is 0.0937. The number of nitrogens with zero attached hydrogens (tertiary/aromatic N) is 2. The molecule has 0 unspecified atom stereocenters. The maximum absolute atomic E-state index is 12.1. The van der Waals surface area contributed by atoms with Crippen LogP contribution in [0.4, 0.5) is 0 Å². The highest BCUT2D eigenvalue weighted by atomic mass is 35.5. The van der Waals surface area contributed by atoms with E-state index < -0.39 is 11.9 Å². The van der Waals surface area contributed by atoms with Crippen molar-refractivity contribution in [2.75, 3.05) is 20.3 Å². The van der Waals surface area contributed by atoms with Crippen LogP contribution in [0.1, 0.15) is 16.2 Å². The molecule has 8 nitrogen and oxygen atoms in total. The standard InChI is InChI=1S/C20H20ClN3O5/c1-28-15-5-2-13(3-6-15)20(27)22-11-19(26)29-12-18-23-16-7-4-14(21)10-17(16)24(18)8-9-25/h2-7,10,25H,8-9,11-12H2,1H3,(H,22,27). The van der Waals surface area contributed by atoms with Gasteiger partial charge in [-0.3, -0.25) is 9.59 Å². The molecule has 9 heteroatoms. The molecule has 0 fully saturated rings. The molecule has 0 bridgehead atoms. The van der Waals surface area contributed by atoms with Crippen molar-refractivity contribution in [3.05, 3.63) is 58.9 Å². The molecule has 0 saturated carbocycles. The van der Waals surface area contributed by atoms with Crippen molar-refractivity contribution in [3.8, 4) is 5.75 Å². The third-order valence-corrected chi connectivity index (χ3v) is 4.46. The molecule has 0 aliphatic heterocycles. The molecule has 2 aromatic carbocycles. The first kappa shape index (κ1) is 20.6. The number of aromatic nitrogens is 2. The second-order valence-electron chi connectivity index (χ2n) is 6.11. The number of benzene rings is 2. The van der Waals surface area contributed by atoms with Gasteiger partial charge in [-0.2, -0.15) is 0 Å². The van der Waals surface area contributed by atoms with Crippen LogP contribution < -0.4 is 10.1 Å². The van der Waals surface area contributed by atoms with Crippen molar-refractivity contribution < 1.29 is 24.2 Å². The van der Waals surface area contributed by atoms with Gasteiger partial charge >= 0.3 is 5.97 Å². The zero-order chi connectivity index (χ0) is 20.8. The molecule has 1 amide bonds. The molecule has 0 atom stereocenters. The van der Waals surface area contributed by atoms with Crippen molar-refractivity contribution in [2.45, 2.75) is 13.2 Å². The monoisotopic (exact) mass is 417 g/mol. The molecule has 0 aliphatic carbocycles. The summed E-state index contributed by atoms with van der Waals surface area (Å²) >= 11 is 6.03. The van der Waals surface area contributed by atoms with E-state index in [2.05, 4.69) is 10.3 Å². The SMILES string of the molecule is COc1ccc(C(=O)NCC(=O)OCc2nc3ccc(Cl)cc3n2CCO)cc1. The number of aliphatic hydroxyl groups excluding tert-OH is 1. The Morgan fingerprint density at radius 1 is 1.21 bits per heavy atom. The van der Waals surface area contributed by atoms with Gasteiger partial charge in [0.2, 0.25) is 0 Å². The Morgan fingerprint density at radius 2 is 1.97 bits per heavy atom. The molecule has 1 aromatic heterocycles. The number of carbonyl (C=O) groups is 2. The van der Waals surface area contributed by atoms with E-state index in [1.165, 1.54) is 7.11 Å². The van der Waals surface area contributed by atoms with Crippen LogP contribution in [0.5, 0.6) is 5.75 Å². The highest BCUT2D eigenvalue weighted by Crippen LogP contribution is 2.21. The topological polar surface area (TPSA) is 103 Å². The van der Waals surface area contributed by atoms with Gasteiger partial charge in [0.05, 0.1) is 24.8 Å². The van der Waals surface area contributed by atoms with Crippen LogP contribution in [0.2, 0.25) is 5.02 Å². The average Bonchev–Trinajstić information content (AvgIpc) is 3.07. The second-order valence-corrected chi connectivity index (χ2v) is 6.54. The van der Waals surface area contributed by atoms with Crippen LogP contribution in [-0.4, -0.2) is 46.8 Å². The summed E-state index contributed by atoms with van der Waals surface area (Å²) in [4.78, 5) is 28.5. The fourth-order valence-electron chi connectivity index (χ4n) is 2.80. The van der Waals surface area contributed by atoms with Crippen LogP contribution in [0.3, 0.4) is 0 Å². The Balaban J connectivity index is 1.58. The zero-order valence-electron chi connectivity index (χ0n) is 15.7. The molecule has 3 rings (SSSR count). The number of aliphatic hydroxyl groups is 1. The number of carbonyl (C=O) groups excluding carboxylic acids is 2. The first-order valence-electron chi connectivity index (χ1n) is 8.85. The number of imidazole rings is 1. The predicted octanol–water partition coefficient (Wildman–Crippen LogP) is 2.16. The van der Waals surface area contributed by atoms with Gasteiger partial charge in [-0.05, 0) is 42.5 Å². The maximum Gasteiger partial charge on any atom is 0.325 e. The van der Waals surface area contributed by atoms with Gasteiger partial charge in [-0.1, -0.05) is 11.6 Å². The number of hydrogen-bond acceptors (Lipinski definition) is 6.